The average Bonchev–Trinajstić information content (AvgIpc) is 2.29. The molecule has 0 unspecified atom stereocenters. The Bertz CT molecular complexity index is 246. The van der Waals surface area contributed by atoms with Crippen molar-refractivity contribution in [3.05, 3.63) is 0 Å². The Hall–Kier alpha value is -0.180. The van der Waals surface area contributed by atoms with Crippen molar-refractivity contribution < 1.29 is 0 Å². The van der Waals surface area contributed by atoms with Crippen LogP contribution in [0.5, 0.6) is 0 Å². The van der Waals surface area contributed by atoms with E-state index in [0.717, 1.165) is 11.7 Å². The van der Waals surface area contributed by atoms with E-state index in [2.05, 4.69) is 44.9 Å². The number of aliphatic imine (C=N–C) groups is 1. The molecule has 1 N–H and O–H groups in total. The highest BCUT2D eigenvalue weighted by Gasteiger charge is 2.29. The Balaban J connectivity index is 2.64. The van der Waals surface area contributed by atoms with Crippen LogP contribution in [0.3, 0.4) is 0 Å². The summed E-state index contributed by atoms with van der Waals surface area (Å²) < 4.78 is 0. The topological polar surface area (TPSA) is 24.4 Å². The van der Waals surface area contributed by atoms with Crippen LogP contribution in [-0.2, 0) is 0 Å². The molecule has 0 saturated heterocycles. The van der Waals surface area contributed by atoms with Gasteiger partial charge in [-0.15, -0.1) is 0 Å². The van der Waals surface area contributed by atoms with Crippen LogP contribution in [0.25, 0.3) is 0 Å². The molecule has 16 heavy (non-hydrogen) atoms. The summed E-state index contributed by atoms with van der Waals surface area (Å²) in [7, 11) is 0. The second-order valence-corrected chi connectivity index (χ2v) is 6.50. The van der Waals surface area contributed by atoms with Crippen LogP contribution >= 0.6 is 11.8 Å². The van der Waals surface area contributed by atoms with Crippen LogP contribution in [-0.4, -0.2) is 23.0 Å². The zero-order valence-corrected chi connectivity index (χ0v) is 12.2. The van der Waals surface area contributed by atoms with Gasteiger partial charge in [0, 0.05) is 17.8 Å². The lowest BCUT2D eigenvalue weighted by atomic mass is 9.90. The van der Waals surface area contributed by atoms with E-state index in [-0.39, 0.29) is 5.54 Å². The van der Waals surface area contributed by atoms with Crippen LogP contribution in [0.15, 0.2) is 4.99 Å². The SMILES string of the molecule is CCC(CC)(CC)NC1=NCC(C)(C)CS1. The minimum absolute atomic E-state index is 0.257. The van der Waals surface area contributed by atoms with Crippen molar-refractivity contribution in [2.75, 3.05) is 12.3 Å². The summed E-state index contributed by atoms with van der Waals surface area (Å²) in [5.41, 5.74) is 0.621. The van der Waals surface area contributed by atoms with Crippen LogP contribution in [0.4, 0.5) is 0 Å². The maximum atomic E-state index is 4.68. The Kier molecular flexibility index (Phi) is 4.72. The fourth-order valence-electron chi connectivity index (χ4n) is 1.96. The van der Waals surface area contributed by atoms with Crippen molar-refractivity contribution in [1.82, 2.24) is 5.32 Å². The van der Waals surface area contributed by atoms with Crippen molar-refractivity contribution in [3.8, 4) is 0 Å². The summed E-state index contributed by atoms with van der Waals surface area (Å²) in [4.78, 5) is 4.68. The highest BCUT2D eigenvalue weighted by atomic mass is 32.2. The zero-order valence-electron chi connectivity index (χ0n) is 11.4. The molecule has 1 heterocycles. The highest BCUT2D eigenvalue weighted by molar-refractivity contribution is 8.13. The maximum absolute atomic E-state index is 4.68. The van der Waals surface area contributed by atoms with Gasteiger partial charge in [0.1, 0.15) is 0 Å². The first-order valence-corrected chi connectivity index (χ1v) is 7.41. The number of thioether (sulfide) groups is 1. The van der Waals surface area contributed by atoms with Gasteiger partial charge in [0.05, 0.1) is 0 Å². The van der Waals surface area contributed by atoms with Gasteiger partial charge in [-0.1, -0.05) is 46.4 Å². The number of amidine groups is 1. The molecule has 0 fully saturated rings. The largest absolute Gasteiger partial charge is 0.360 e. The standard InChI is InChI=1S/C13H26N2S/c1-6-13(7-2,8-3)15-11-14-9-12(4,5)10-16-11/h6-10H2,1-5H3,(H,14,15). The number of hydrogen-bond acceptors (Lipinski definition) is 3. The minimum Gasteiger partial charge on any atom is -0.360 e. The smallest absolute Gasteiger partial charge is 0.157 e. The molecule has 0 aromatic carbocycles. The normalized spacial score (nSPS) is 20.4. The van der Waals surface area contributed by atoms with Crippen molar-refractivity contribution in [2.45, 2.75) is 59.4 Å². The molecule has 0 aromatic heterocycles. The van der Waals surface area contributed by atoms with Crippen molar-refractivity contribution in [3.63, 3.8) is 0 Å². The van der Waals surface area contributed by atoms with Gasteiger partial charge in [-0.2, -0.15) is 0 Å². The Morgan fingerprint density at radius 3 is 2.19 bits per heavy atom. The molecule has 0 radical (unpaired) electrons. The van der Waals surface area contributed by atoms with Gasteiger partial charge < -0.3 is 5.32 Å². The number of rotatable bonds is 4. The number of nitrogens with one attached hydrogen (secondary N) is 1. The van der Waals surface area contributed by atoms with Gasteiger partial charge >= 0.3 is 0 Å². The van der Waals surface area contributed by atoms with Crippen LogP contribution in [0.2, 0.25) is 0 Å². The molecule has 3 heteroatoms. The third kappa shape index (κ3) is 3.41. The zero-order chi connectivity index (χ0) is 12.2. The maximum Gasteiger partial charge on any atom is 0.157 e. The third-order valence-electron chi connectivity index (χ3n) is 3.65. The van der Waals surface area contributed by atoms with E-state index in [1.807, 2.05) is 11.8 Å². The average molecular weight is 242 g/mol. The fraction of sp³-hybridized carbons (Fsp3) is 0.923. The lowest BCUT2D eigenvalue weighted by molar-refractivity contribution is 0.339. The van der Waals surface area contributed by atoms with Crippen LogP contribution in [0.1, 0.15) is 53.9 Å². The molecule has 0 aromatic rings. The summed E-state index contributed by atoms with van der Waals surface area (Å²) in [6.45, 7) is 12.3. The lowest BCUT2D eigenvalue weighted by Gasteiger charge is -2.36. The second kappa shape index (κ2) is 5.44. The molecule has 2 nitrogen and oxygen atoms in total. The fourth-order valence-corrected chi connectivity index (χ4v) is 3.02. The summed E-state index contributed by atoms with van der Waals surface area (Å²) in [5.74, 6) is 1.17. The molecular formula is C13H26N2S. The van der Waals surface area contributed by atoms with E-state index < -0.39 is 0 Å². The van der Waals surface area contributed by atoms with Crippen LogP contribution in [0, 0.1) is 5.41 Å². The van der Waals surface area contributed by atoms with Gasteiger partial charge in [0.2, 0.25) is 0 Å². The molecule has 0 aliphatic carbocycles. The Labute approximate surface area is 105 Å². The predicted octanol–water partition coefficient (Wildman–Crippen LogP) is 3.67. The summed E-state index contributed by atoms with van der Waals surface area (Å²) in [5, 5.41) is 4.83. The Morgan fingerprint density at radius 1 is 1.25 bits per heavy atom. The number of hydrogen-bond donors (Lipinski definition) is 1. The molecule has 0 bridgehead atoms. The first-order valence-electron chi connectivity index (χ1n) is 6.42. The van der Waals surface area contributed by atoms with Gasteiger partial charge in [0.25, 0.3) is 0 Å². The number of nitrogens with zero attached hydrogens (tertiary/aromatic N) is 1. The molecule has 0 amide bonds. The van der Waals surface area contributed by atoms with Gasteiger partial charge in [-0.3, -0.25) is 4.99 Å². The van der Waals surface area contributed by atoms with E-state index in [1.54, 1.807) is 0 Å². The van der Waals surface area contributed by atoms with Crippen LogP contribution < -0.4 is 5.32 Å². The van der Waals surface area contributed by atoms with Gasteiger partial charge in [-0.25, -0.2) is 0 Å². The molecular weight excluding hydrogens is 216 g/mol. The highest BCUT2D eigenvalue weighted by Crippen LogP contribution is 2.29. The molecule has 1 aliphatic heterocycles. The molecule has 0 saturated carbocycles. The monoisotopic (exact) mass is 242 g/mol. The summed E-state index contributed by atoms with van der Waals surface area (Å²) in [6.07, 6.45) is 3.51. The van der Waals surface area contributed by atoms with Crippen molar-refractivity contribution in [2.24, 2.45) is 10.4 Å². The molecule has 0 atom stereocenters. The van der Waals surface area contributed by atoms with E-state index in [0.29, 0.717) is 5.41 Å². The van der Waals surface area contributed by atoms with Crippen molar-refractivity contribution >= 4 is 16.9 Å². The first kappa shape index (κ1) is 13.9. The van der Waals surface area contributed by atoms with Crippen molar-refractivity contribution in [1.29, 1.82) is 0 Å². The van der Waals surface area contributed by atoms with E-state index >= 15 is 0 Å². The molecule has 0 spiro atoms. The summed E-state index contributed by atoms with van der Waals surface area (Å²) >= 11 is 1.88. The second-order valence-electron chi connectivity index (χ2n) is 5.54. The minimum atomic E-state index is 0.257. The predicted molar refractivity (Wildman–Crippen MR) is 75.3 cm³/mol. The van der Waals surface area contributed by atoms with Gasteiger partial charge in [0.15, 0.2) is 5.17 Å². The van der Waals surface area contributed by atoms with E-state index in [4.69, 9.17) is 0 Å². The molecule has 94 valence electrons. The molecule has 1 rings (SSSR count). The Morgan fingerprint density at radius 2 is 1.81 bits per heavy atom. The van der Waals surface area contributed by atoms with Gasteiger partial charge in [-0.05, 0) is 24.7 Å². The van der Waals surface area contributed by atoms with E-state index in [1.165, 1.54) is 25.0 Å². The lowest BCUT2D eigenvalue weighted by Crippen LogP contribution is -2.47. The molecule has 1 aliphatic rings. The quantitative estimate of drug-likeness (QED) is 0.813. The summed E-state index contributed by atoms with van der Waals surface area (Å²) in [6, 6.07) is 0. The first-order chi connectivity index (χ1) is 7.47. The third-order valence-corrected chi connectivity index (χ3v) is 5.08. The van der Waals surface area contributed by atoms with E-state index in [9.17, 15) is 0 Å².